The summed E-state index contributed by atoms with van der Waals surface area (Å²) in [5.41, 5.74) is 2.30. The first kappa shape index (κ1) is 25.4. The van der Waals surface area contributed by atoms with Crippen LogP contribution in [0.5, 0.6) is 5.75 Å². The number of methoxy groups -OCH3 is 2. The molecule has 4 aromatic rings. The number of hydrogen-bond acceptors (Lipinski definition) is 6. The minimum atomic E-state index is -3.99. The summed E-state index contributed by atoms with van der Waals surface area (Å²) in [4.78, 5) is 27.9. The molecule has 0 radical (unpaired) electrons. The van der Waals surface area contributed by atoms with E-state index in [0.29, 0.717) is 28.6 Å². The fraction of sp³-hybridized carbons (Fsp3) is 0.154. The summed E-state index contributed by atoms with van der Waals surface area (Å²) in [6.45, 7) is 0.147. The Morgan fingerprint density at radius 1 is 1.00 bits per heavy atom. The highest BCUT2D eigenvalue weighted by Gasteiger charge is 2.27. The van der Waals surface area contributed by atoms with Crippen molar-refractivity contribution in [1.82, 2.24) is 9.71 Å². The van der Waals surface area contributed by atoms with E-state index in [9.17, 15) is 18.0 Å². The highest BCUT2D eigenvalue weighted by molar-refractivity contribution is 7.89. The van der Waals surface area contributed by atoms with Crippen molar-refractivity contribution in [2.45, 2.75) is 11.3 Å². The van der Waals surface area contributed by atoms with Crippen molar-refractivity contribution in [1.29, 1.82) is 0 Å². The second kappa shape index (κ2) is 10.5. The van der Waals surface area contributed by atoms with Crippen molar-refractivity contribution in [2.75, 3.05) is 20.8 Å². The normalized spacial score (nSPS) is 11.4. The van der Waals surface area contributed by atoms with E-state index >= 15 is 0 Å². The van der Waals surface area contributed by atoms with Gasteiger partial charge in [0.05, 0.1) is 30.5 Å². The Bertz CT molecular complexity index is 1540. The molecule has 36 heavy (non-hydrogen) atoms. The second-order valence-electron chi connectivity index (χ2n) is 7.88. The molecule has 0 saturated heterocycles. The molecule has 186 valence electrons. The van der Waals surface area contributed by atoms with Crippen LogP contribution in [0, 0.1) is 0 Å². The molecule has 0 spiro atoms. The lowest BCUT2D eigenvalue weighted by atomic mass is 10.0. The Kier molecular flexibility index (Phi) is 7.44. The Morgan fingerprint density at radius 2 is 1.72 bits per heavy atom. The molecular formula is C26H23ClN2O6S. The summed E-state index contributed by atoms with van der Waals surface area (Å²) in [5, 5.41) is 0.535. The summed E-state index contributed by atoms with van der Waals surface area (Å²) in [6.07, 6.45) is 0.459. The number of rotatable bonds is 9. The highest BCUT2D eigenvalue weighted by Crippen LogP contribution is 2.34. The van der Waals surface area contributed by atoms with Gasteiger partial charge in [-0.25, -0.2) is 17.9 Å². The second-order valence-corrected chi connectivity index (χ2v) is 10.0. The number of fused-ring (bicyclic) bond motifs is 1. The lowest BCUT2D eigenvalue weighted by Crippen LogP contribution is -2.26. The molecule has 0 bridgehead atoms. The van der Waals surface area contributed by atoms with E-state index in [1.54, 1.807) is 49.6 Å². The molecule has 0 atom stereocenters. The van der Waals surface area contributed by atoms with Gasteiger partial charge in [-0.05, 0) is 42.3 Å². The number of nitrogens with one attached hydrogen (secondary N) is 2. The molecule has 0 aliphatic carbocycles. The van der Waals surface area contributed by atoms with E-state index in [-0.39, 0.29) is 27.7 Å². The van der Waals surface area contributed by atoms with Gasteiger partial charge in [0.25, 0.3) is 5.78 Å². The van der Waals surface area contributed by atoms with Crippen LogP contribution in [0.4, 0.5) is 0 Å². The number of carbonyl (C=O) groups is 2. The third-order valence-electron chi connectivity index (χ3n) is 5.68. The van der Waals surface area contributed by atoms with E-state index in [4.69, 9.17) is 16.3 Å². The summed E-state index contributed by atoms with van der Waals surface area (Å²) in [6, 6.07) is 18.7. The maximum atomic E-state index is 13.1. The first-order valence-corrected chi connectivity index (χ1v) is 12.8. The van der Waals surface area contributed by atoms with E-state index in [1.165, 1.54) is 12.1 Å². The molecule has 1 aromatic heterocycles. The lowest BCUT2D eigenvalue weighted by Gasteiger charge is -2.11. The fourth-order valence-corrected chi connectivity index (χ4v) is 5.41. The summed E-state index contributed by atoms with van der Waals surface area (Å²) < 4.78 is 38.5. The van der Waals surface area contributed by atoms with Crippen LogP contribution in [-0.4, -0.2) is 45.9 Å². The van der Waals surface area contributed by atoms with Crippen LogP contribution < -0.4 is 9.46 Å². The van der Waals surface area contributed by atoms with Gasteiger partial charge in [0.1, 0.15) is 10.6 Å². The van der Waals surface area contributed by atoms with Crippen molar-refractivity contribution in [3.8, 4) is 17.0 Å². The topological polar surface area (TPSA) is 115 Å². The third-order valence-corrected chi connectivity index (χ3v) is 7.62. The molecule has 0 unspecified atom stereocenters. The van der Waals surface area contributed by atoms with Crippen molar-refractivity contribution < 1.29 is 27.5 Å². The standard InChI is InChI=1S/C26H23ClN2O6S/c1-34-18-10-7-16(8-11-18)13-14-28-36(32,33)22-15-17(9-12-20(22)27)24-23(25(30)26(31)35-2)19-5-3-4-6-21(19)29-24/h3-12,15,28-29H,13-14H2,1-2H3. The molecule has 10 heteroatoms. The van der Waals surface area contributed by atoms with Gasteiger partial charge < -0.3 is 14.5 Å². The van der Waals surface area contributed by atoms with E-state index in [2.05, 4.69) is 14.4 Å². The number of hydrogen-bond donors (Lipinski definition) is 2. The minimum absolute atomic E-state index is 0.0210. The SMILES string of the molecule is COC(=O)C(=O)c1c(-c2ccc(Cl)c(S(=O)(=O)NCCc3ccc(OC)cc3)c2)[nH]c2ccccc12. The molecule has 8 nitrogen and oxygen atoms in total. The number of benzene rings is 3. The van der Waals surface area contributed by atoms with Crippen LogP contribution in [0.2, 0.25) is 5.02 Å². The molecule has 0 fully saturated rings. The first-order chi connectivity index (χ1) is 17.2. The number of aromatic nitrogens is 1. The van der Waals surface area contributed by atoms with Crippen LogP contribution in [0.1, 0.15) is 15.9 Å². The van der Waals surface area contributed by atoms with Crippen LogP contribution in [-0.2, 0) is 26.0 Å². The number of H-pyrrole nitrogens is 1. The number of halogens is 1. The molecule has 0 saturated carbocycles. The van der Waals surface area contributed by atoms with E-state index < -0.39 is 21.8 Å². The largest absolute Gasteiger partial charge is 0.497 e. The maximum absolute atomic E-state index is 13.1. The molecule has 2 N–H and O–H groups in total. The zero-order chi connectivity index (χ0) is 25.9. The zero-order valence-corrected chi connectivity index (χ0v) is 21.1. The molecular weight excluding hydrogens is 504 g/mol. The number of aromatic amines is 1. The Morgan fingerprint density at radius 3 is 2.42 bits per heavy atom. The summed E-state index contributed by atoms with van der Waals surface area (Å²) in [5.74, 6) is -1.16. The molecule has 3 aromatic carbocycles. The van der Waals surface area contributed by atoms with Crippen molar-refractivity contribution in [2.24, 2.45) is 0 Å². The Balaban J connectivity index is 1.66. The predicted molar refractivity (Wildman–Crippen MR) is 137 cm³/mol. The minimum Gasteiger partial charge on any atom is -0.497 e. The van der Waals surface area contributed by atoms with Gasteiger partial charge in [-0.15, -0.1) is 0 Å². The van der Waals surface area contributed by atoms with Gasteiger partial charge in [0, 0.05) is 23.0 Å². The van der Waals surface area contributed by atoms with Gasteiger partial charge >= 0.3 is 5.97 Å². The quantitative estimate of drug-likeness (QED) is 0.190. The van der Waals surface area contributed by atoms with Crippen molar-refractivity contribution in [3.05, 3.63) is 82.9 Å². The van der Waals surface area contributed by atoms with Gasteiger partial charge in [-0.2, -0.15) is 0 Å². The number of Topliss-reactive ketones (excluding diaryl/α,β-unsaturated/α-hetero) is 1. The van der Waals surface area contributed by atoms with Gasteiger partial charge in [-0.1, -0.05) is 48.0 Å². The number of ketones is 1. The first-order valence-electron chi connectivity index (χ1n) is 10.9. The molecule has 0 aliphatic rings. The maximum Gasteiger partial charge on any atom is 0.379 e. The predicted octanol–water partition coefficient (Wildman–Crippen LogP) is 4.37. The summed E-state index contributed by atoms with van der Waals surface area (Å²) >= 11 is 6.27. The molecule has 0 aliphatic heterocycles. The number of sulfonamides is 1. The smallest absolute Gasteiger partial charge is 0.379 e. The number of esters is 1. The average molecular weight is 527 g/mol. The Hall–Kier alpha value is -3.66. The van der Waals surface area contributed by atoms with E-state index in [0.717, 1.165) is 12.7 Å². The number of carbonyl (C=O) groups excluding carboxylic acids is 2. The highest BCUT2D eigenvalue weighted by atomic mass is 35.5. The van der Waals surface area contributed by atoms with E-state index in [1.807, 2.05) is 12.1 Å². The molecule has 1 heterocycles. The van der Waals surface area contributed by atoms with Crippen LogP contribution in [0.25, 0.3) is 22.2 Å². The monoisotopic (exact) mass is 526 g/mol. The van der Waals surface area contributed by atoms with Crippen molar-refractivity contribution >= 4 is 44.3 Å². The average Bonchev–Trinajstić information content (AvgIpc) is 3.27. The van der Waals surface area contributed by atoms with Crippen LogP contribution in [0.15, 0.2) is 71.6 Å². The molecule has 4 rings (SSSR count). The van der Waals surface area contributed by atoms with Crippen LogP contribution in [0.3, 0.4) is 0 Å². The Labute approximate surface area is 213 Å². The van der Waals surface area contributed by atoms with Crippen LogP contribution >= 0.6 is 11.6 Å². The fourth-order valence-electron chi connectivity index (χ4n) is 3.85. The van der Waals surface area contributed by atoms with Crippen molar-refractivity contribution in [3.63, 3.8) is 0 Å². The zero-order valence-electron chi connectivity index (χ0n) is 19.5. The lowest BCUT2D eigenvalue weighted by molar-refractivity contribution is -0.135. The number of para-hydroxylation sites is 1. The third kappa shape index (κ3) is 5.13. The van der Waals surface area contributed by atoms with Gasteiger partial charge in [-0.3, -0.25) is 4.79 Å². The number of ether oxygens (including phenoxy) is 2. The molecule has 0 amide bonds. The van der Waals surface area contributed by atoms with Gasteiger partial charge in [0.2, 0.25) is 10.0 Å². The van der Waals surface area contributed by atoms with Gasteiger partial charge in [0.15, 0.2) is 0 Å². The summed E-state index contributed by atoms with van der Waals surface area (Å²) in [7, 11) is -1.29.